The molecule has 0 saturated carbocycles. The fraction of sp³-hybridized carbons (Fsp3) is 0.200. The number of thioether (sulfide) groups is 1. The number of amides is 2. The molecule has 1 heterocycles. The molecule has 1 aliphatic rings. The van der Waals surface area contributed by atoms with Gasteiger partial charge in [0, 0.05) is 19.2 Å². The van der Waals surface area contributed by atoms with Gasteiger partial charge >= 0.3 is 5.97 Å². The SMILES string of the molecule is CN=C(Nc1ccc(C(=O)OC)cc1)SC1CC(=O)N(c2ccc(F)cc2)C1=O. The minimum atomic E-state index is -0.645. The van der Waals surface area contributed by atoms with Crippen LogP contribution in [0.1, 0.15) is 16.8 Å². The monoisotopic (exact) mass is 415 g/mol. The molecule has 2 aromatic carbocycles. The molecule has 0 aliphatic carbocycles. The Balaban J connectivity index is 1.68. The molecule has 7 nitrogen and oxygen atoms in total. The van der Waals surface area contributed by atoms with Gasteiger partial charge in [-0.25, -0.2) is 14.1 Å². The van der Waals surface area contributed by atoms with Gasteiger partial charge < -0.3 is 10.1 Å². The van der Waals surface area contributed by atoms with Crippen molar-refractivity contribution in [3.8, 4) is 0 Å². The standard InChI is InChI=1S/C20H18FN3O4S/c1-22-20(23-14-7-3-12(4-8-14)19(27)28-2)29-16-11-17(25)24(18(16)26)15-9-5-13(21)6-10-15/h3-10,16H,11H2,1-2H3,(H,22,23). The van der Waals surface area contributed by atoms with E-state index in [1.54, 1.807) is 31.3 Å². The van der Waals surface area contributed by atoms with E-state index in [0.29, 0.717) is 22.1 Å². The number of hydrogen-bond donors (Lipinski definition) is 1. The lowest BCUT2D eigenvalue weighted by Gasteiger charge is -2.15. The van der Waals surface area contributed by atoms with Crippen molar-refractivity contribution in [2.24, 2.45) is 4.99 Å². The lowest BCUT2D eigenvalue weighted by atomic mass is 10.2. The van der Waals surface area contributed by atoms with Gasteiger partial charge in [0.1, 0.15) is 11.1 Å². The number of carbonyl (C=O) groups is 3. The van der Waals surface area contributed by atoms with E-state index in [1.807, 2.05) is 0 Å². The highest BCUT2D eigenvalue weighted by atomic mass is 32.2. The number of rotatable bonds is 4. The largest absolute Gasteiger partial charge is 0.465 e. The van der Waals surface area contributed by atoms with Gasteiger partial charge in [-0.2, -0.15) is 0 Å². The molecule has 1 aliphatic heterocycles. The Hall–Kier alpha value is -3.20. The Morgan fingerprint density at radius 2 is 1.83 bits per heavy atom. The second-order valence-corrected chi connectivity index (χ2v) is 7.27. The van der Waals surface area contributed by atoms with Crippen molar-refractivity contribution < 1.29 is 23.5 Å². The maximum absolute atomic E-state index is 13.1. The van der Waals surface area contributed by atoms with Crippen molar-refractivity contribution in [3.63, 3.8) is 0 Å². The van der Waals surface area contributed by atoms with Crippen LogP contribution in [0.25, 0.3) is 0 Å². The van der Waals surface area contributed by atoms with Crippen LogP contribution in [-0.4, -0.2) is 42.4 Å². The van der Waals surface area contributed by atoms with Gasteiger partial charge in [0.2, 0.25) is 11.8 Å². The average molecular weight is 415 g/mol. The Morgan fingerprint density at radius 1 is 1.17 bits per heavy atom. The van der Waals surface area contributed by atoms with Gasteiger partial charge in [-0.1, -0.05) is 11.8 Å². The third-order valence-electron chi connectivity index (χ3n) is 4.20. The fourth-order valence-corrected chi connectivity index (χ4v) is 3.75. The molecule has 29 heavy (non-hydrogen) atoms. The summed E-state index contributed by atoms with van der Waals surface area (Å²) in [5.41, 5.74) is 1.41. The summed E-state index contributed by atoms with van der Waals surface area (Å²) in [7, 11) is 2.87. The number of ether oxygens (including phenoxy) is 1. The molecule has 0 spiro atoms. The number of esters is 1. The van der Waals surface area contributed by atoms with Gasteiger partial charge in [0.05, 0.1) is 18.4 Å². The first-order chi connectivity index (χ1) is 13.9. The first-order valence-electron chi connectivity index (χ1n) is 8.64. The number of nitrogens with zero attached hydrogens (tertiary/aromatic N) is 2. The molecular weight excluding hydrogens is 397 g/mol. The molecule has 0 radical (unpaired) electrons. The summed E-state index contributed by atoms with van der Waals surface area (Å²) in [6.07, 6.45) is 0.0167. The van der Waals surface area contributed by atoms with Crippen LogP contribution in [0.3, 0.4) is 0 Å². The average Bonchev–Trinajstić information content (AvgIpc) is 3.01. The number of aliphatic imine (C=N–C) groups is 1. The molecule has 2 amide bonds. The topological polar surface area (TPSA) is 88.1 Å². The molecule has 0 bridgehead atoms. The van der Waals surface area contributed by atoms with Gasteiger partial charge in [-0.15, -0.1) is 0 Å². The van der Waals surface area contributed by atoms with E-state index in [9.17, 15) is 18.8 Å². The number of methoxy groups -OCH3 is 1. The molecule has 1 atom stereocenters. The summed E-state index contributed by atoms with van der Waals surface area (Å²) in [4.78, 5) is 41.7. The molecule has 1 N–H and O–H groups in total. The highest BCUT2D eigenvalue weighted by molar-refractivity contribution is 8.15. The summed E-state index contributed by atoms with van der Waals surface area (Å²) in [5.74, 6) is -1.61. The Labute approximate surface area is 170 Å². The summed E-state index contributed by atoms with van der Waals surface area (Å²) in [6.45, 7) is 0. The maximum atomic E-state index is 13.1. The Morgan fingerprint density at radius 3 is 2.41 bits per heavy atom. The third-order valence-corrected chi connectivity index (χ3v) is 5.37. The lowest BCUT2D eigenvalue weighted by Crippen LogP contribution is -2.31. The molecule has 1 unspecified atom stereocenters. The first kappa shape index (κ1) is 20.5. The Kier molecular flexibility index (Phi) is 6.28. The number of hydrogen-bond acceptors (Lipinski definition) is 6. The van der Waals surface area contributed by atoms with Gasteiger partial charge in [-0.05, 0) is 48.5 Å². The van der Waals surface area contributed by atoms with E-state index < -0.39 is 17.0 Å². The van der Waals surface area contributed by atoms with Crippen molar-refractivity contribution in [3.05, 3.63) is 59.9 Å². The summed E-state index contributed by atoms with van der Waals surface area (Å²) in [6, 6.07) is 11.8. The predicted octanol–water partition coefficient (Wildman–Crippen LogP) is 3.08. The van der Waals surface area contributed by atoms with Crippen LogP contribution in [0, 0.1) is 5.82 Å². The highest BCUT2D eigenvalue weighted by Crippen LogP contribution is 2.30. The summed E-state index contributed by atoms with van der Waals surface area (Å²) < 4.78 is 17.8. The number of carbonyl (C=O) groups excluding carboxylic acids is 3. The van der Waals surface area contributed by atoms with Crippen molar-refractivity contribution in [2.45, 2.75) is 11.7 Å². The third kappa shape index (κ3) is 4.62. The van der Waals surface area contributed by atoms with Crippen LogP contribution >= 0.6 is 11.8 Å². The quantitative estimate of drug-likeness (QED) is 0.357. The lowest BCUT2D eigenvalue weighted by molar-refractivity contribution is -0.121. The van der Waals surface area contributed by atoms with Gasteiger partial charge in [0.25, 0.3) is 0 Å². The van der Waals surface area contributed by atoms with Crippen molar-refractivity contribution in [1.29, 1.82) is 0 Å². The van der Waals surface area contributed by atoms with Crippen LogP contribution in [0.15, 0.2) is 53.5 Å². The molecule has 1 fully saturated rings. The summed E-state index contributed by atoms with van der Waals surface area (Å²) >= 11 is 1.14. The van der Waals surface area contributed by atoms with Crippen LogP contribution < -0.4 is 10.2 Å². The molecular formula is C20H18FN3O4S. The maximum Gasteiger partial charge on any atom is 0.337 e. The second-order valence-electron chi connectivity index (χ2n) is 6.08. The van der Waals surface area contributed by atoms with E-state index in [-0.39, 0.29) is 18.2 Å². The molecule has 150 valence electrons. The number of nitrogens with one attached hydrogen (secondary N) is 1. The number of benzene rings is 2. The first-order valence-corrected chi connectivity index (χ1v) is 9.52. The number of halogens is 1. The normalized spacial score (nSPS) is 16.9. The van der Waals surface area contributed by atoms with Crippen LogP contribution in [0.4, 0.5) is 15.8 Å². The Bertz CT molecular complexity index is 961. The van der Waals surface area contributed by atoms with Crippen molar-refractivity contribution in [1.82, 2.24) is 0 Å². The van der Waals surface area contributed by atoms with E-state index in [2.05, 4.69) is 15.0 Å². The van der Waals surface area contributed by atoms with E-state index >= 15 is 0 Å². The van der Waals surface area contributed by atoms with Crippen LogP contribution in [0.5, 0.6) is 0 Å². The predicted molar refractivity (Wildman–Crippen MR) is 110 cm³/mol. The highest BCUT2D eigenvalue weighted by Gasteiger charge is 2.40. The van der Waals surface area contributed by atoms with Crippen molar-refractivity contribution >= 4 is 46.1 Å². The van der Waals surface area contributed by atoms with E-state index in [1.165, 1.54) is 31.4 Å². The number of anilines is 2. The zero-order valence-corrected chi connectivity index (χ0v) is 16.5. The zero-order chi connectivity index (χ0) is 21.0. The van der Waals surface area contributed by atoms with Crippen LogP contribution in [0.2, 0.25) is 0 Å². The van der Waals surface area contributed by atoms with Crippen molar-refractivity contribution in [2.75, 3.05) is 24.4 Å². The van der Waals surface area contributed by atoms with E-state index in [0.717, 1.165) is 16.7 Å². The minimum absolute atomic E-state index is 0.0167. The van der Waals surface area contributed by atoms with Gasteiger partial charge in [0.15, 0.2) is 5.17 Å². The van der Waals surface area contributed by atoms with Crippen LogP contribution in [-0.2, 0) is 14.3 Å². The second kappa shape index (κ2) is 8.87. The van der Waals surface area contributed by atoms with Gasteiger partial charge in [-0.3, -0.25) is 14.6 Å². The molecule has 3 rings (SSSR count). The number of imide groups is 1. The fourth-order valence-electron chi connectivity index (χ4n) is 2.76. The number of amidine groups is 1. The molecule has 1 saturated heterocycles. The molecule has 2 aromatic rings. The molecule has 0 aromatic heterocycles. The smallest absolute Gasteiger partial charge is 0.337 e. The molecule has 9 heteroatoms. The van der Waals surface area contributed by atoms with E-state index in [4.69, 9.17) is 0 Å². The minimum Gasteiger partial charge on any atom is -0.465 e. The summed E-state index contributed by atoms with van der Waals surface area (Å²) in [5, 5.41) is 2.87. The zero-order valence-electron chi connectivity index (χ0n) is 15.7.